The lowest BCUT2D eigenvalue weighted by Crippen LogP contribution is -2.10. The molecule has 9 heteroatoms. The number of rotatable bonds is 3. The summed E-state index contributed by atoms with van der Waals surface area (Å²) in [6.45, 7) is 0. The number of nitrogens with two attached hydrogens (primary N) is 1. The summed E-state index contributed by atoms with van der Waals surface area (Å²) in [6, 6.07) is 2.61. The number of anilines is 2. The van der Waals surface area contributed by atoms with Gasteiger partial charge in [0.25, 0.3) is 0 Å². The molecule has 0 aliphatic rings. The van der Waals surface area contributed by atoms with Crippen LogP contribution in [-0.4, -0.2) is 9.97 Å². The molecule has 0 atom stereocenters. The van der Waals surface area contributed by atoms with Gasteiger partial charge in [0.05, 0.1) is 0 Å². The fraction of sp³-hybridized carbons (Fsp3) is 0. The van der Waals surface area contributed by atoms with E-state index in [-0.39, 0.29) is 10.8 Å². The zero-order valence-electron chi connectivity index (χ0n) is 10.1. The van der Waals surface area contributed by atoms with Crippen LogP contribution in [0.5, 0.6) is 0 Å². The van der Waals surface area contributed by atoms with Crippen LogP contribution < -0.4 is 11.1 Å². The van der Waals surface area contributed by atoms with Crippen molar-refractivity contribution in [2.45, 2.75) is 0 Å². The molecule has 3 N–H and O–H groups in total. The Morgan fingerprint density at radius 2 is 1.48 bits per heavy atom. The van der Waals surface area contributed by atoms with Crippen molar-refractivity contribution in [1.29, 1.82) is 0 Å². The van der Waals surface area contributed by atoms with E-state index in [4.69, 9.17) is 5.73 Å². The van der Waals surface area contributed by atoms with Gasteiger partial charge in [0.2, 0.25) is 5.82 Å². The van der Waals surface area contributed by atoms with E-state index in [1.807, 2.05) is 5.32 Å². The van der Waals surface area contributed by atoms with Crippen molar-refractivity contribution in [1.82, 2.24) is 4.98 Å². The van der Waals surface area contributed by atoms with Crippen LogP contribution in [-0.2, 0) is 0 Å². The van der Waals surface area contributed by atoms with Gasteiger partial charge in [0.1, 0.15) is 16.5 Å². The van der Waals surface area contributed by atoms with Crippen molar-refractivity contribution in [3.05, 3.63) is 53.0 Å². The van der Waals surface area contributed by atoms with Crippen LogP contribution >= 0.6 is 12.2 Å². The van der Waals surface area contributed by atoms with Crippen molar-refractivity contribution in [2.24, 2.45) is 5.73 Å². The second-order valence-electron chi connectivity index (χ2n) is 3.87. The van der Waals surface area contributed by atoms with E-state index in [0.29, 0.717) is 5.56 Å². The third kappa shape index (κ3) is 2.77. The number of thiocarbonyl (C=S) groups is 1. The van der Waals surface area contributed by atoms with E-state index < -0.39 is 34.8 Å². The van der Waals surface area contributed by atoms with Gasteiger partial charge in [-0.25, -0.2) is 26.9 Å². The van der Waals surface area contributed by atoms with E-state index in [1.54, 1.807) is 0 Å². The highest BCUT2D eigenvalue weighted by Crippen LogP contribution is 2.29. The molecule has 2 aromatic rings. The minimum absolute atomic E-state index is 0.0466. The molecular formula is C12H6F5N3S. The van der Waals surface area contributed by atoms with Crippen LogP contribution in [0.15, 0.2) is 18.3 Å². The molecule has 2 rings (SSSR count). The Bertz CT molecular complexity index is 689. The van der Waals surface area contributed by atoms with Crippen molar-refractivity contribution >= 4 is 28.7 Å². The Hall–Kier alpha value is -2.29. The molecule has 1 heterocycles. The Balaban J connectivity index is 2.42. The molecule has 0 amide bonds. The Labute approximate surface area is 120 Å². The second-order valence-corrected chi connectivity index (χ2v) is 4.31. The minimum Gasteiger partial charge on any atom is -0.389 e. The zero-order valence-corrected chi connectivity index (χ0v) is 10.9. The van der Waals surface area contributed by atoms with Gasteiger partial charge in [0.15, 0.2) is 23.3 Å². The van der Waals surface area contributed by atoms with Crippen molar-refractivity contribution in [2.75, 3.05) is 5.32 Å². The lowest BCUT2D eigenvalue weighted by molar-refractivity contribution is 0.382. The van der Waals surface area contributed by atoms with Crippen LogP contribution in [0.3, 0.4) is 0 Å². The maximum Gasteiger partial charge on any atom is 0.200 e. The van der Waals surface area contributed by atoms with Gasteiger partial charge in [-0.2, -0.15) is 0 Å². The summed E-state index contributed by atoms with van der Waals surface area (Å²) in [7, 11) is 0. The van der Waals surface area contributed by atoms with Crippen LogP contribution in [0, 0.1) is 29.1 Å². The molecule has 21 heavy (non-hydrogen) atoms. The van der Waals surface area contributed by atoms with Gasteiger partial charge in [-0.15, -0.1) is 0 Å². The zero-order chi connectivity index (χ0) is 15.7. The molecule has 1 aromatic heterocycles. The van der Waals surface area contributed by atoms with Gasteiger partial charge in [0, 0.05) is 11.8 Å². The van der Waals surface area contributed by atoms with Crippen LogP contribution in [0.25, 0.3) is 0 Å². The topological polar surface area (TPSA) is 50.9 Å². The van der Waals surface area contributed by atoms with Gasteiger partial charge in [-0.05, 0) is 12.1 Å². The fourth-order valence-corrected chi connectivity index (χ4v) is 1.58. The quantitative estimate of drug-likeness (QED) is 0.395. The van der Waals surface area contributed by atoms with Gasteiger partial charge >= 0.3 is 0 Å². The molecule has 0 spiro atoms. The summed E-state index contributed by atoms with van der Waals surface area (Å²) in [6.07, 6.45) is 1.19. The number of hydrogen-bond acceptors (Lipinski definition) is 3. The summed E-state index contributed by atoms with van der Waals surface area (Å²) >= 11 is 4.68. The van der Waals surface area contributed by atoms with E-state index in [2.05, 4.69) is 17.2 Å². The van der Waals surface area contributed by atoms with Crippen LogP contribution in [0.2, 0.25) is 0 Å². The molecule has 1 aromatic carbocycles. The maximum absolute atomic E-state index is 13.4. The number of halogens is 5. The predicted octanol–water partition coefficient (Wildman–Crippen LogP) is 3.15. The third-order valence-electron chi connectivity index (χ3n) is 2.51. The number of nitrogens with zero attached hydrogens (tertiary/aromatic N) is 1. The molecule has 0 unspecified atom stereocenters. The number of pyridine rings is 1. The molecular weight excluding hydrogens is 313 g/mol. The van der Waals surface area contributed by atoms with Crippen molar-refractivity contribution < 1.29 is 22.0 Å². The third-order valence-corrected chi connectivity index (χ3v) is 2.75. The number of hydrogen-bond donors (Lipinski definition) is 2. The number of nitrogens with one attached hydrogen (secondary N) is 1. The van der Waals surface area contributed by atoms with E-state index in [1.165, 1.54) is 18.3 Å². The highest BCUT2D eigenvalue weighted by atomic mass is 32.1. The summed E-state index contributed by atoms with van der Waals surface area (Å²) < 4.78 is 65.8. The minimum atomic E-state index is -2.23. The molecule has 0 aliphatic carbocycles. The predicted molar refractivity (Wildman–Crippen MR) is 69.6 cm³/mol. The summed E-state index contributed by atoms with van der Waals surface area (Å²) in [5, 5.41) is 2.02. The Morgan fingerprint density at radius 3 is 1.90 bits per heavy atom. The van der Waals surface area contributed by atoms with Crippen molar-refractivity contribution in [3.8, 4) is 0 Å². The highest BCUT2D eigenvalue weighted by Gasteiger charge is 2.25. The average molecular weight is 319 g/mol. The molecule has 0 saturated heterocycles. The first kappa shape index (κ1) is 15.1. The molecule has 0 bridgehead atoms. The summed E-state index contributed by atoms with van der Waals surface area (Å²) in [5.41, 5.74) is 4.52. The average Bonchev–Trinajstić information content (AvgIpc) is 2.48. The number of aromatic nitrogens is 1. The fourth-order valence-electron chi connectivity index (χ4n) is 1.46. The van der Waals surface area contributed by atoms with Crippen molar-refractivity contribution in [3.63, 3.8) is 0 Å². The SMILES string of the molecule is NC(=S)c1ccc(Nc2c(F)c(F)c(F)c(F)c2F)nc1. The maximum atomic E-state index is 13.4. The normalized spacial score (nSPS) is 10.5. The first-order valence-corrected chi connectivity index (χ1v) is 5.78. The molecule has 0 radical (unpaired) electrons. The largest absolute Gasteiger partial charge is 0.389 e. The summed E-state index contributed by atoms with van der Waals surface area (Å²) in [4.78, 5) is 3.76. The molecule has 0 saturated carbocycles. The molecule has 0 fully saturated rings. The molecule has 110 valence electrons. The van der Waals surface area contributed by atoms with E-state index in [9.17, 15) is 22.0 Å². The smallest absolute Gasteiger partial charge is 0.200 e. The van der Waals surface area contributed by atoms with Gasteiger partial charge < -0.3 is 11.1 Å². The number of benzene rings is 1. The van der Waals surface area contributed by atoms with Gasteiger partial charge in [-0.3, -0.25) is 0 Å². The van der Waals surface area contributed by atoms with E-state index in [0.717, 1.165) is 0 Å². The molecule has 3 nitrogen and oxygen atoms in total. The standard InChI is InChI=1S/C12H6F5N3S/c13-6-7(14)9(16)11(10(17)8(6)15)20-5-2-1-4(3-19-5)12(18)21/h1-3H,(H2,18,21)(H,19,20). The Morgan fingerprint density at radius 1 is 0.952 bits per heavy atom. The first-order valence-electron chi connectivity index (χ1n) is 5.37. The van der Waals surface area contributed by atoms with Crippen LogP contribution in [0.1, 0.15) is 5.56 Å². The summed E-state index contributed by atoms with van der Waals surface area (Å²) in [5.74, 6) is -10.4. The molecule has 0 aliphatic heterocycles. The van der Waals surface area contributed by atoms with E-state index >= 15 is 0 Å². The lowest BCUT2D eigenvalue weighted by Gasteiger charge is -2.10. The second kappa shape index (κ2) is 5.60. The first-order chi connectivity index (χ1) is 9.82. The van der Waals surface area contributed by atoms with Gasteiger partial charge in [-0.1, -0.05) is 12.2 Å². The monoisotopic (exact) mass is 319 g/mol. The highest BCUT2D eigenvalue weighted by molar-refractivity contribution is 7.80. The van der Waals surface area contributed by atoms with Crippen LogP contribution in [0.4, 0.5) is 33.5 Å². The lowest BCUT2D eigenvalue weighted by atomic mass is 10.2. The Kier molecular flexibility index (Phi) is 4.03.